The molecule has 0 aliphatic carbocycles. The number of nitrogens with zero attached hydrogens (tertiary/aromatic N) is 2. The SMILES string of the molecule is CC(C)CC(C)Oc1nsnc1Cl. The summed E-state index contributed by atoms with van der Waals surface area (Å²) in [4.78, 5) is 0. The van der Waals surface area contributed by atoms with Gasteiger partial charge in [-0.25, -0.2) is 0 Å². The molecule has 1 heterocycles. The van der Waals surface area contributed by atoms with Crippen LogP contribution in [0.1, 0.15) is 27.2 Å². The number of ether oxygens (including phenoxy) is 1. The molecule has 5 heteroatoms. The molecular formula is C8H13ClN2OS. The lowest BCUT2D eigenvalue weighted by atomic mass is 10.1. The second kappa shape index (κ2) is 4.77. The summed E-state index contributed by atoms with van der Waals surface area (Å²) in [5.74, 6) is 1.07. The van der Waals surface area contributed by atoms with Crippen LogP contribution in [0.25, 0.3) is 0 Å². The van der Waals surface area contributed by atoms with Crippen LogP contribution in [0.15, 0.2) is 0 Å². The van der Waals surface area contributed by atoms with E-state index in [1.165, 1.54) is 0 Å². The fourth-order valence-corrected chi connectivity index (χ4v) is 1.77. The number of hydrogen-bond donors (Lipinski definition) is 0. The van der Waals surface area contributed by atoms with Gasteiger partial charge in [0, 0.05) is 0 Å². The molecule has 1 unspecified atom stereocenters. The predicted octanol–water partition coefficient (Wildman–Crippen LogP) is 3.00. The molecule has 0 amide bonds. The fraction of sp³-hybridized carbons (Fsp3) is 0.750. The Kier molecular flexibility index (Phi) is 3.93. The van der Waals surface area contributed by atoms with Gasteiger partial charge in [-0.15, -0.1) is 4.37 Å². The van der Waals surface area contributed by atoms with Gasteiger partial charge >= 0.3 is 0 Å². The highest BCUT2D eigenvalue weighted by atomic mass is 35.5. The van der Waals surface area contributed by atoms with Crippen LogP contribution in [-0.2, 0) is 0 Å². The summed E-state index contributed by atoms with van der Waals surface area (Å²) in [7, 11) is 0. The third-order valence-corrected chi connectivity index (χ3v) is 2.40. The molecule has 0 aliphatic rings. The number of hydrogen-bond acceptors (Lipinski definition) is 4. The summed E-state index contributed by atoms with van der Waals surface area (Å²) in [6.45, 7) is 6.32. The Bertz CT molecular complexity index is 264. The van der Waals surface area contributed by atoms with Crippen LogP contribution in [-0.4, -0.2) is 14.9 Å². The van der Waals surface area contributed by atoms with E-state index in [-0.39, 0.29) is 6.10 Å². The van der Waals surface area contributed by atoms with E-state index in [1.807, 2.05) is 6.92 Å². The van der Waals surface area contributed by atoms with Crippen LogP contribution in [0, 0.1) is 5.92 Å². The van der Waals surface area contributed by atoms with Crippen LogP contribution in [0.2, 0.25) is 5.15 Å². The van der Waals surface area contributed by atoms with Crippen molar-refractivity contribution in [3.8, 4) is 5.88 Å². The minimum Gasteiger partial charge on any atom is -0.472 e. The lowest BCUT2D eigenvalue weighted by Crippen LogP contribution is -2.14. The molecule has 0 fully saturated rings. The van der Waals surface area contributed by atoms with Crippen LogP contribution in [0.3, 0.4) is 0 Å². The second-order valence-electron chi connectivity index (χ2n) is 3.42. The quantitative estimate of drug-likeness (QED) is 0.783. The van der Waals surface area contributed by atoms with Gasteiger partial charge in [-0.1, -0.05) is 25.4 Å². The highest BCUT2D eigenvalue weighted by Gasteiger charge is 2.12. The van der Waals surface area contributed by atoms with Gasteiger partial charge in [-0.05, 0) is 19.3 Å². The van der Waals surface area contributed by atoms with Crippen molar-refractivity contribution in [2.75, 3.05) is 0 Å². The lowest BCUT2D eigenvalue weighted by molar-refractivity contribution is 0.187. The average molecular weight is 221 g/mol. The molecule has 0 aromatic carbocycles. The Labute approximate surface area is 87.4 Å². The first kappa shape index (κ1) is 10.7. The molecule has 0 radical (unpaired) electrons. The van der Waals surface area contributed by atoms with E-state index >= 15 is 0 Å². The zero-order chi connectivity index (χ0) is 9.84. The molecule has 1 rings (SSSR count). The third-order valence-electron chi connectivity index (χ3n) is 1.54. The molecule has 3 nitrogen and oxygen atoms in total. The molecule has 1 aromatic heterocycles. The largest absolute Gasteiger partial charge is 0.472 e. The Morgan fingerprint density at radius 1 is 1.38 bits per heavy atom. The van der Waals surface area contributed by atoms with E-state index in [1.54, 1.807) is 0 Å². The summed E-state index contributed by atoms with van der Waals surface area (Å²) < 4.78 is 13.3. The van der Waals surface area contributed by atoms with E-state index in [9.17, 15) is 0 Å². The average Bonchev–Trinajstić information content (AvgIpc) is 2.34. The molecule has 74 valence electrons. The van der Waals surface area contributed by atoms with Crippen molar-refractivity contribution in [2.24, 2.45) is 5.92 Å². The summed E-state index contributed by atoms with van der Waals surface area (Å²) >= 11 is 6.80. The van der Waals surface area contributed by atoms with Gasteiger partial charge in [0.2, 0.25) is 5.15 Å². The maximum atomic E-state index is 5.73. The lowest BCUT2D eigenvalue weighted by Gasteiger charge is -2.14. The van der Waals surface area contributed by atoms with Gasteiger partial charge in [-0.2, -0.15) is 4.37 Å². The first-order valence-corrected chi connectivity index (χ1v) is 5.35. The second-order valence-corrected chi connectivity index (χ2v) is 4.30. The fourth-order valence-electron chi connectivity index (χ4n) is 1.14. The van der Waals surface area contributed by atoms with Crippen LogP contribution in [0.4, 0.5) is 0 Å². The van der Waals surface area contributed by atoms with E-state index in [0.29, 0.717) is 17.0 Å². The van der Waals surface area contributed by atoms with Gasteiger partial charge in [0.15, 0.2) is 0 Å². The molecule has 0 bridgehead atoms. The molecular weight excluding hydrogens is 208 g/mol. The normalized spacial score (nSPS) is 13.3. The van der Waals surface area contributed by atoms with Gasteiger partial charge in [0.25, 0.3) is 5.88 Å². The number of rotatable bonds is 4. The van der Waals surface area contributed by atoms with Crippen molar-refractivity contribution in [1.82, 2.24) is 8.75 Å². The molecule has 0 saturated carbocycles. The van der Waals surface area contributed by atoms with E-state index in [2.05, 4.69) is 22.6 Å². The Morgan fingerprint density at radius 2 is 2.08 bits per heavy atom. The van der Waals surface area contributed by atoms with E-state index in [4.69, 9.17) is 16.3 Å². The molecule has 0 spiro atoms. The Balaban J connectivity index is 2.45. The monoisotopic (exact) mass is 220 g/mol. The summed E-state index contributed by atoms with van der Waals surface area (Å²) in [6, 6.07) is 0. The van der Waals surface area contributed by atoms with Crippen LogP contribution >= 0.6 is 23.3 Å². The van der Waals surface area contributed by atoms with Crippen molar-refractivity contribution in [3.05, 3.63) is 5.15 Å². The van der Waals surface area contributed by atoms with Gasteiger partial charge in [-0.3, -0.25) is 0 Å². The van der Waals surface area contributed by atoms with Crippen LogP contribution < -0.4 is 4.74 Å². The Hall–Kier alpha value is -0.350. The molecule has 13 heavy (non-hydrogen) atoms. The van der Waals surface area contributed by atoms with E-state index in [0.717, 1.165) is 18.1 Å². The van der Waals surface area contributed by atoms with Crippen molar-refractivity contribution in [1.29, 1.82) is 0 Å². The van der Waals surface area contributed by atoms with E-state index < -0.39 is 0 Å². The third kappa shape index (κ3) is 3.48. The van der Waals surface area contributed by atoms with Gasteiger partial charge in [0.05, 0.1) is 17.8 Å². The zero-order valence-electron chi connectivity index (χ0n) is 7.95. The molecule has 0 N–H and O–H groups in total. The molecule has 0 saturated heterocycles. The Morgan fingerprint density at radius 3 is 2.54 bits per heavy atom. The predicted molar refractivity (Wildman–Crippen MR) is 54.5 cm³/mol. The van der Waals surface area contributed by atoms with Crippen molar-refractivity contribution in [3.63, 3.8) is 0 Å². The maximum absolute atomic E-state index is 5.73. The first-order chi connectivity index (χ1) is 6.09. The number of aromatic nitrogens is 2. The number of halogens is 1. The standard InChI is InChI=1S/C8H13ClN2OS/c1-5(2)4-6(3)12-8-7(9)10-13-11-8/h5-6H,4H2,1-3H3. The van der Waals surface area contributed by atoms with Crippen molar-refractivity contribution < 1.29 is 4.74 Å². The summed E-state index contributed by atoms with van der Waals surface area (Å²) in [5, 5.41) is 0.362. The first-order valence-electron chi connectivity index (χ1n) is 4.24. The smallest absolute Gasteiger partial charge is 0.265 e. The topological polar surface area (TPSA) is 35.0 Å². The van der Waals surface area contributed by atoms with Crippen molar-refractivity contribution in [2.45, 2.75) is 33.3 Å². The zero-order valence-corrected chi connectivity index (χ0v) is 9.52. The highest BCUT2D eigenvalue weighted by molar-refractivity contribution is 6.99. The van der Waals surface area contributed by atoms with Crippen LogP contribution in [0.5, 0.6) is 5.88 Å². The molecule has 0 aliphatic heterocycles. The van der Waals surface area contributed by atoms with Gasteiger partial charge in [0.1, 0.15) is 0 Å². The van der Waals surface area contributed by atoms with Crippen molar-refractivity contribution >= 4 is 23.3 Å². The maximum Gasteiger partial charge on any atom is 0.265 e. The minimum atomic E-state index is 0.140. The molecule has 1 atom stereocenters. The summed E-state index contributed by atoms with van der Waals surface area (Å²) in [6.07, 6.45) is 1.13. The van der Waals surface area contributed by atoms with Gasteiger partial charge < -0.3 is 4.74 Å². The molecule has 1 aromatic rings. The summed E-state index contributed by atoms with van der Waals surface area (Å²) in [5.41, 5.74) is 0. The highest BCUT2D eigenvalue weighted by Crippen LogP contribution is 2.22. The minimum absolute atomic E-state index is 0.140.